The van der Waals surface area contributed by atoms with Crippen LogP contribution >= 0.6 is 23.2 Å². The molecule has 1 atom stereocenters. The molecule has 1 rings (SSSR count). The number of carbonyl (C=O) groups excluding carboxylic acids is 1. The lowest BCUT2D eigenvalue weighted by Gasteiger charge is -2.10. The number of methoxy groups -OCH3 is 1. The van der Waals surface area contributed by atoms with E-state index in [0.29, 0.717) is 11.3 Å². The van der Waals surface area contributed by atoms with Gasteiger partial charge in [0, 0.05) is 12.1 Å². The van der Waals surface area contributed by atoms with E-state index in [2.05, 4.69) is 5.32 Å². The highest BCUT2D eigenvalue weighted by Crippen LogP contribution is 2.33. The lowest BCUT2D eigenvalue weighted by Crippen LogP contribution is -2.30. The minimum atomic E-state index is -0.608. The normalized spacial score (nSPS) is 12.1. The summed E-state index contributed by atoms with van der Waals surface area (Å²) in [4.78, 5) is 11.7. The zero-order valence-corrected chi connectivity index (χ0v) is 11.0. The van der Waals surface area contributed by atoms with Gasteiger partial charge in [-0.3, -0.25) is 4.79 Å². The maximum atomic E-state index is 11.7. The second-order valence-corrected chi connectivity index (χ2v) is 4.35. The minimum absolute atomic E-state index is 0.167. The van der Waals surface area contributed by atoms with Crippen LogP contribution in [0, 0.1) is 0 Å². The highest BCUT2D eigenvalue weighted by atomic mass is 35.5. The third kappa shape index (κ3) is 3.77. The second kappa shape index (κ2) is 6.10. The molecular formula is C11H13Cl2NO3. The molecule has 0 saturated carbocycles. The molecule has 0 fully saturated rings. The Labute approximate surface area is 109 Å². The summed E-state index contributed by atoms with van der Waals surface area (Å²) < 4.78 is 4.97. The Hall–Kier alpha value is -0.970. The van der Waals surface area contributed by atoms with Gasteiger partial charge in [0.1, 0.15) is 0 Å². The van der Waals surface area contributed by atoms with E-state index in [4.69, 9.17) is 33.0 Å². The summed E-state index contributed by atoms with van der Waals surface area (Å²) in [6, 6.07) is 2.92. The zero-order chi connectivity index (χ0) is 13.0. The van der Waals surface area contributed by atoms with Crippen molar-refractivity contribution in [3.05, 3.63) is 27.7 Å². The molecule has 0 saturated heterocycles. The first kappa shape index (κ1) is 14.1. The molecule has 1 aromatic rings. The summed E-state index contributed by atoms with van der Waals surface area (Å²) in [5.74, 6) is -0.0160. The molecule has 0 aliphatic carbocycles. The van der Waals surface area contributed by atoms with E-state index in [-0.39, 0.29) is 22.5 Å². The molecule has 0 radical (unpaired) electrons. The summed E-state index contributed by atoms with van der Waals surface area (Å²) in [5.41, 5.74) is 0.321. The van der Waals surface area contributed by atoms with Crippen molar-refractivity contribution >= 4 is 29.1 Å². The Morgan fingerprint density at radius 1 is 1.47 bits per heavy atom. The molecular weight excluding hydrogens is 265 g/mol. The molecule has 17 heavy (non-hydrogen) atoms. The molecule has 6 heteroatoms. The maximum Gasteiger partial charge on any atom is 0.251 e. The third-order valence-electron chi connectivity index (χ3n) is 2.02. The van der Waals surface area contributed by atoms with Crippen molar-refractivity contribution in [1.29, 1.82) is 0 Å². The molecule has 2 N–H and O–H groups in total. The SMILES string of the molecule is COc1c(Cl)cc(C(=O)NC[C@H](C)O)cc1Cl. The van der Waals surface area contributed by atoms with Crippen LogP contribution in [0.1, 0.15) is 17.3 Å². The van der Waals surface area contributed by atoms with Crippen LogP contribution in [0.4, 0.5) is 0 Å². The van der Waals surface area contributed by atoms with Gasteiger partial charge in [0.05, 0.1) is 23.3 Å². The summed E-state index contributed by atoms with van der Waals surface area (Å²) in [7, 11) is 1.44. The van der Waals surface area contributed by atoms with E-state index < -0.39 is 6.10 Å². The fourth-order valence-electron chi connectivity index (χ4n) is 1.23. The largest absolute Gasteiger partial charge is 0.494 e. The molecule has 0 aromatic heterocycles. The summed E-state index contributed by atoms with van der Waals surface area (Å²) in [6.07, 6.45) is -0.608. The van der Waals surface area contributed by atoms with Crippen molar-refractivity contribution in [1.82, 2.24) is 5.32 Å². The van der Waals surface area contributed by atoms with Gasteiger partial charge in [-0.1, -0.05) is 23.2 Å². The number of nitrogens with one attached hydrogen (secondary N) is 1. The second-order valence-electron chi connectivity index (χ2n) is 3.53. The molecule has 4 nitrogen and oxygen atoms in total. The van der Waals surface area contributed by atoms with Gasteiger partial charge in [0.25, 0.3) is 5.91 Å². The van der Waals surface area contributed by atoms with Crippen LogP contribution in [0.5, 0.6) is 5.75 Å². The summed E-state index contributed by atoms with van der Waals surface area (Å²) in [6.45, 7) is 1.74. The zero-order valence-electron chi connectivity index (χ0n) is 9.46. The maximum absolute atomic E-state index is 11.7. The van der Waals surface area contributed by atoms with Crippen molar-refractivity contribution in [2.75, 3.05) is 13.7 Å². The molecule has 0 bridgehead atoms. The summed E-state index contributed by atoms with van der Waals surface area (Å²) >= 11 is 11.8. The first-order valence-electron chi connectivity index (χ1n) is 4.95. The lowest BCUT2D eigenvalue weighted by molar-refractivity contribution is 0.0924. The summed E-state index contributed by atoms with van der Waals surface area (Å²) in [5, 5.41) is 12.1. The molecule has 0 unspecified atom stereocenters. The number of ether oxygens (including phenoxy) is 1. The van der Waals surface area contributed by atoms with Crippen molar-refractivity contribution in [3.8, 4) is 5.75 Å². The van der Waals surface area contributed by atoms with Crippen LogP contribution in [0.25, 0.3) is 0 Å². The third-order valence-corrected chi connectivity index (χ3v) is 2.58. The molecule has 1 amide bonds. The van der Waals surface area contributed by atoms with Gasteiger partial charge >= 0.3 is 0 Å². The predicted octanol–water partition coefficient (Wildman–Crippen LogP) is 2.11. The Balaban J connectivity index is 2.89. The fourth-order valence-corrected chi connectivity index (χ4v) is 1.87. The predicted molar refractivity (Wildman–Crippen MR) is 67.0 cm³/mol. The molecule has 0 spiro atoms. The highest BCUT2D eigenvalue weighted by molar-refractivity contribution is 6.37. The number of hydrogen-bond donors (Lipinski definition) is 2. The Bertz CT molecular complexity index is 398. The van der Waals surface area contributed by atoms with Gasteiger partial charge in [-0.2, -0.15) is 0 Å². The lowest BCUT2D eigenvalue weighted by atomic mass is 10.2. The Morgan fingerprint density at radius 2 is 2.00 bits per heavy atom. The van der Waals surface area contributed by atoms with Gasteiger partial charge in [-0.25, -0.2) is 0 Å². The monoisotopic (exact) mass is 277 g/mol. The standard InChI is InChI=1S/C11H13Cl2NO3/c1-6(15)5-14-11(16)7-3-8(12)10(17-2)9(13)4-7/h3-4,6,15H,5H2,1-2H3,(H,14,16)/t6-/m0/s1. The average molecular weight is 278 g/mol. The topological polar surface area (TPSA) is 58.6 Å². The fraction of sp³-hybridized carbons (Fsp3) is 0.364. The smallest absolute Gasteiger partial charge is 0.251 e. The Kier molecular flexibility index (Phi) is 5.05. The van der Waals surface area contributed by atoms with E-state index in [1.807, 2.05) is 0 Å². The quantitative estimate of drug-likeness (QED) is 0.886. The number of aliphatic hydroxyl groups excluding tert-OH is 1. The number of carbonyl (C=O) groups is 1. The molecule has 1 aromatic carbocycles. The molecule has 94 valence electrons. The first-order valence-corrected chi connectivity index (χ1v) is 5.70. The molecule has 0 heterocycles. The van der Waals surface area contributed by atoms with Crippen molar-refractivity contribution < 1.29 is 14.6 Å². The Morgan fingerprint density at radius 3 is 2.41 bits per heavy atom. The van der Waals surface area contributed by atoms with E-state index in [1.54, 1.807) is 6.92 Å². The van der Waals surface area contributed by atoms with Crippen LogP contribution in [0.3, 0.4) is 0 Å². The molecule has 0 aliphatic rings. The van der Waals surface area contributed by atoms with Gasteiger partial charge < -0.3 is 15.2 Å². The van der Waals surface area contributed by atoms with Crippen LogP contribution in [0.2, 0.25) is 10.0 Å². The van der Waals surface area contributed by atoms with Crippen LogP contribution in [0.15, 0.2) is 12.1 Å². The van der Waals surface area contributed by atoms with Gasteiger partial charge in [0.2, 0.25) is 0 Å². The van der Waals surface area contributed by atoms with Gasteiger partial charge in [-0.05, 0) is 19.1 Å². The number of benzene rings is 1. The molecule has 0 aliphatic heterocycles. The van der Waals surface area contributed by atoms with Gasteiger partial charge in [0.15, 0.2) is 5.75 Å². The van der Waals surface area contributed by atoms with Gasteiger partial charge in [-0.15, -0.1) is 0 Å². The highest BCUT2D eigenvalue weighted by Gasteiger charge is 2.13. The average Bonchev–Trinajstić information content (AvgIpc) is 2.25. The van der Waals surface area contributed by atoms with E-state index in [0.717, 1.165) is 0 Å². The number of hydrogen-bond acceptors (Lipinski definition) is 3. The van der Waals surface area contributed by atoms with E-state index >= 15 is 0 Å². The van der Waals surface area contributed by atoms with Crippen molar-refractivity contribution in [2.24, 2.45) is 0 Å². The number of rotatable bonds is 4. The van der Waals surface area contributed by atoms with Crippen LogP contribution in [-0.2, 0) is 0 Å². The van der Waals surface area contributed by atoms with Crippen molar-refractivity contribution in [2.45, 2.75) is 13.0 Å². The first-order chi connectivity index (χ1) is 7.95. The van der Waals surface area contributed by atoms with Crippen molar-refractivity contribution in [3.63, 3.8) is 0 Å². The number of amides is 1. The van der Waals surface area contributed by atoms with Crippen LogP contribution in [-0.4, -0.2) is 30.8 Å². The van der Waals surface area contributed by atoms with E-state index in [9.17, 15) is 4.79 Å². The minimum Gasteiger partial charge on any atom is -0.494 e. The van der Waals surface area contributed by atoms with Crippen LogP contribution < -0.4 is 10.1 Å². The number of halogens is 2. The van der Waals surface area contributed by atoms with E-state index in [1.165, 1.54) is 19.2 Å². The number of aliphatic hydroxyl groups is 1.